The second kappa shape index (κ2) is 6.34. The van der Waals surface area contributed by atoms with Crippen molar-refractivity contribution in [2.75, 3.05) is 0 Å². The number of esters is 1. The van der Waals surface area contributed by atoms with Crippen LogP contribution in [0.3, 0.4) is 0 Å². The number of hydrogen-bond donors (Lipinski definition) is 1. The molecule has 9 heteroatoms. The Morgan fingerprint density at radius 1 is 1.38 bits per heavy atom. The number of H-pyrrole nitrogens is 1. The highest BCUT2D eigenvalue weighted by Crippen LogP contribution is 2.34. The number of carbonyl (C=O) groups excluding carboxylic acids is 1. The number of nitrogens with one attached hydrogen (secondary N) is 1. The van der Waals surface area contributed by atoms with Gasteiger partial charge >= 0.3 is 5.97 Å². The second-order valence-corrected chi connectivity index (χ2v) is 7.02. The van der Waals surface area contributed by atoms with E-state index in [9.17, 15) is 19.7 Å². The second-order valence-electron chi connectivity index (χ2n) is 5.93. The lowest BCUT2D eigenvalue weighted by Crippen LogP contribution is -2.14. The van der Waals surface area contributed by atoms with Gasteiger partial charge in [0.25, 0.3) is 11.2 Å². The van der Waals surface area contributed by atoms with Crippen molar-refractivity contribution in [1.29, 1.82) is 0 Å². The van der Waals surface area contributed by atoms with E-state index in [4.69, 9.17) is 4.74 Å². The summed E-state index contributed by atoms with van der Waals surface area (Å²) in [6.07, 6.45) is 2.91. The highest BCUT2D eigenvalue weighted by Gasteiger charge is 2.21. The lowest BCUT2D eigenvalue weighted by Gasteiger charge is -2.05. The number of nitro groups is 1. The third-order valence-corrected chi connectivity index (χ3v) is 5.44. The summed E-state index contributed by atoms with van der Waals surface area (Å²) in [5.41, 5.74) is 0.730. The summed E-state index contributed by atoms with van der Waals surface area (Å²) in [7, 11) is 0. The lowest BCUT2D eigenvalue weighted by atomic mass is 10.2. The zero-order valence-corrected chi connectivity index (χ0v) is 14.3. The predicted molar refractivity (Wildman–Crippen MR) is 94.5 cm³/mol. The third kappa shape index (κ3) is 2.86. The van der Waals surface area contributed by atoms with E-state index in [0.29, 0.717) is 10.2 Å². The summed E-state index contributed by atoms with van der Waals surface area (Å²) in [6, 6.07) is 5.28. The Bertz CT molecular complexity index is 1100. The van der Waals surface area contributed by atoms with Crippen LogP contribution in [0.15, 0.2) is 29.1 Å². The van der Waals surface area contributed by atoms with Crippen molar-refractivity contribution >= 4 is 33.2 Å². The van der Waals surface area contributed by atoms with E-state index in [-0.39, 0.29) is 29.2 Å². The molecule has 132 valence electrons. The molecule has 0 spiro atoms. The normalized spacial score (nSPS) is 12.9. The van der Waals surface area contributed by atoms with Crippen LogP contribution in [0.4, 0.5) is 5.69 Å². The molecule has 0 saturated carbocycles. The first kappa shape index (κ1) is 16.4. The fraction of sp³-hybridized carbons (Fsp3) is 0.235. The van der Waals surface area contributed by atoms with Crippen LogP contribution in [-0.2, 0) is 24.2 Å². The van der Waals surface area contributed by atoms with E-state index in [2.05, 4.69) is 9.97 Å². The number of ether oxygens (including phenoxy) is 1. The number of aromatic amines is 1. The number of aromatic nitrogens is 2. The van der Waals surface area contributed by atoms with Crippen molar-refractivity contribution in [2.24, 2.45) is 0 Å². The minimum Gasteiger partial charge on any atom is -0.454 e. The van der Waals surface area contributed by atoms with Gasteiger partial charge in [0.2, 0.25) is 0 Å². The Labute approximate surface area is 150 Å². The standard InChI is InChI=1S/C17H13N3O5S/c21-15-14-11-5-2-6-12(11)26-16(14)19-13(18-15)8-25-17(22)9-3-1-4-10(7-9)20(23)24/h1,3-4,7H,2,5-6,8H2,(H,18,19,21). The lowest BCUT2D eigenvalue weighted by molar-refractivity contribution is -0.384. The molecule has 8 nitrogen and oxygen atoms in total. The van der Waals surface area contributed by atoms with Gasteiger partial charge in [-0.1, -0.05) is 6.07 Å². The Kier molecular flexibility index (Phi) is 4.00. The summed E-state index contributed by atoms with van der Waals surface area (Å²) >= 11 is 1.50. The summed E-state index contributed by atoms with van der Waals surface area (Å²) in [6.45, 7) is -0.213. The summed E-state index contributed by atoms with van der Waals surface area (Å²) in [5, 5.41) is 11.4. The smallest absolute Gasteiger partial charge is 0.338 e. The Hall–Kier alpha value is -3.07. The van der Waals surface area contributed by atoms with E-state index < -0.39 is 10.9 Å². The molecule has 1 aliphatic rings. The molecule has 0 radical (unpaired) electrons. The first-order valence-corrected chi connectivity index (χ1v) is 8.79. The summed E-state index contributed by atoms with van der Waals surface area (Å²) < 4.78 is 5.14. The number of nitro benzene ring substituents is 1. The van der Waals surface area contributed by atoms with Gasteiger partial charge < -0.3 is 9.72 Å². The molecule has 1 N–H and O–H groups in total. The van der Waals surface area contributed by atoms with Gasteiger partial charge in [-0.3, -0.25) is 14.9 Å². The van der Waals surface area contributed by atoms with Gasteiger partial charge in [0, 0.05) is 17.0 Å². The number of aryl methyl sites for hydroxylation is 2. The van der Waals surface area contributed by atoms with Crippen LogP contribution < -0.4 is 5.56 Å². The van der Waals surface area contributed by atoms with Gasteiger partial charge in [-0.25, -0.2) is 9.78 Å². The number of rotatable bonds is 4. The van der Waals surface area contributed by atoms with Gasteiger partial charge in [0.05, 0.1) is 15.9 Å². The first-order valence-electron chi connectivity index (χ1n) is 7.98. The molecule has 0 aliphatic heterocycles. The minimum atomic E-state index is -0.717. The maximum atomic E-state index is 12.4. The zero-order chi connectivity index (χ0) is 18.3. The van der Waals surface area contributed by atoms with Gasteiger partial charge in [-0.2, -0.15) is 0 Å². The zero-order valence-electron chi connectivity index (χ0n) is 13.5. The molecule has 0 unspecified atom stereocenters. The molecule has 2 heterocycles. The average molecular weight is 371 g/mol. The summed E-state index contributed by atoms with van der Waals surface area (Å²) in [5.74, 6) is -0.466. The monoisotopic (exact) mass is 371 g/mol. The number of carbonyl (C=O) groups is 1. The van der Waals surface area contributed by atoms with Crippen molar-refractivity contribution in [3.63, 3.8) is 0 Å². The molecule has 26 heavy (non-hydrogen) atoms. The highest BCUT2D eigenvalue weighted by molar-refractivity contribution is 7.18. The summed E-state index contributed by atoms with van der Waals surface area (Å²) in [4.78, 5) is 43.5. The molecule has 4 rings (SSSR count). The van der Waals surface area contributed by atoms with Crippen molar-refractivity contribution in [3.05, 3.63) is 66.6 Å². The predicted octanol–water partition coefficient (Wildman–Crippen LogP) is 2.74. The molecule has 0 atom stereocenters. The molecule has 0 saturated heterocycles. The topological polar surface area (TPSA) is 115 Å². The maximum absolute atomic E-state index is 12.4. The van der Waals surface area contributed by atoms with E-state index in [1.54, 1.807) is 0 Å². The van der Waals surface area contributed by atoms with Gasteiger partial charge in [0.1, 0.15) is 17.3 Å². The first-order chi connectivity index (χ1) is 12.5. The van der Waals surface area contributed by atoms with Gasteiger partial charge in [-0.15, -0.1) is 11.3 Å². The number of benzene rings is 1. The molecular formula is C17H13N3O5S. The number of fused-ring (bicyclic) bond motifs is 3. The molecule has 0 bridgehead atoms. The van der Waals surface area contributed by atoms with Crippen LogP contribution in [0, 0.1) is 10.1 Å². The Morgan fingerprint density at radius 2 is 2.23 bits per heavy atom. The maximum Gasteiger partial charge on any atom is 0.338 e. The van der Waals surface area contributed by atoms with E-state index in [1.807, 2.05) is 0 Å². The molecule has 0 amide bonds. The molecular weight excluding hydrogens is 358 g/mol. The Balaban J connectivity index is 1.55. The minimum absolute atomic E-state index is 0.0673. The molecule has 2 aromatic heterocycles. The SMILES string of the molecule is O=C(OCc1nc2sc3c(c2c(=O)[nH]1)CCC3)c1cccc([N+](=O)[O-])c1. The van der Waals surface area contributed by atoms with Crippen LogP contribution in [0.25, 0.3) is 10.2 Å². The molecule has 3 aromatic rings. The number of non-ortho nitro benzene ring substituents is 1. The van der Waals surface area contributed by atoms with Crippen LogP contribution in [0.1, 0.15) is 33.0 Å². The van der Waals surface area contributed by atoms with Crippen LogP contribution in [-0.4, -0.2) is 20.9 Å². The van der Waals surface area contributed by atoms with Crippen LogP contribution >= 0.6 is 11.3 Å². The number of thiophene rings is 1. The molecule has 1 aliphatic carbocycles. The van der Waals surface area contributed by atoms with Gasteiger partial charge in [-0.05, 0) is 30.9 Å². The van der Waals surface area contributed by atoms with Crippen molar-refractivity contribution in [3.8, 4) is 0 Å². The van der Waals surface area contributed by atoms with Crippen molar-refractivity contribution < 1.29 is 14.5 Å². The van der Waals surface area contributed by atoms with Gasteiger partial charge in [0.15, 0.2) is 0 Å². The number of hydrogen-bond acceptors (Lipinski definition) is 7. The number of nitrogens with zero attached hydrogens (tertiary/aromatic N) is 2. The van der Waals surface area contributed by atoms with Crippen LogP contribution in [0.5, 0.6) is 0 Å². The third-order valence-electron chi connectivity index (χ3n) is 4.26. The van der Waals surface area contributed by atoms with Crippen molar-refractivity contribution in [1.82, 2.24) is 9.97 Å². The van der Waals surface area contributed by atoms with Crippen LogP contribution in [0.2, 0.25) is 0 Å². The van der Waals surface area contributed by atoms with Crippen molar-refractivity contribution in [2.45, 2.75) is 25.9 Å². The average Bonchev–Trinajstić information content (AvgIpc) is 3.20. The van der Waals surface area contributed by atoms with E-state index in [1.165, 1.54) is 34.4 Å². The Morgan fingerprint density at radius 3 is 3.04 bits per heavy atom. The quantitative estimate of drug-likeness (QED) is 0.428. The van der Waals surface area contributed by atoms with E-state index >= 15 is 0 Å². The fourth-order valence-electron chi connectivity index (χ4n) is 3.08. The van der Waals surface area contributed by atoms with E-state index in [0.717, 1.165) is 30.9 Å². The fourth-order valence-corrected chi connectivity index (χ4v) is 4.36. The highest BCUT2D eigenvalue weighted by atomic mass is 32.1. The molecule has 1 aromatic carbocycles. The molecule has 0 fully saturated rings. The largest absolute Gasteiger partial charge is 0.454 e.